The van der Waals surface area contributed by atoms with Gasteiger partial charge in [-0.2, -0.15) is 0 Å². The zero-order chi connectivity index (χ0) is 6.69. The third-order valence-electron chi connectivity index (χ3n) is 1.08. The minimum Gasteiger partial charge on any atom is -0.384 e. The van der Waals surface area contributed by atoms with Gasteiger partial charge in [0, 0.05) is 12.7 Å². The zero-order valence-corrected chi connectivity index (χ0v) is 5.04. The van der Waals surface area contributed by atoms with E-state index in [0.717, 1.165) is 5.56 Å². The minimum atomic E-state index is 0. The summed E-state index contributed by atoms with van der Waals surface area (Å²) in [5.74, 6) is 0.526. The second-order valence-electron chi connectivity index (χ2n) is 1.79. The molecule has 0 amide bonds. The lowest BCUT2D eigenvalue weighted by molar-refractivity contribution is 1.06. The number of nitrogens with zero attached hydrogens (tertiary/aromatic N) is 1. The Bertz CT molecular complexity index is 198. The van der Waals surface area contributed by atoms with E-state index in [9.17, 15) is 0 Å². The van der Waals surface area contributed by atoms with Gasteiger partial charge in [0.1, 0.15) is 5.82 Å². The molecule has 0 radical (unpaired) electrons. The molecule has 3 heteroatoms. The van der Waals surface area contributed by atoms with E-state index in [2.05, 4.69) is 4.98 Å². The molecule has 10 heavy (non-hydrogen) atoms. The SMILES string of the molecule is C.NCc1ccnc(N)c1. The first-order valence-corrected chi connectivity index (χ1v) is 2.73. The van der Waals surface area contributed by atoms with E-state index in [1.165, 1.54) is 0 Å². The fourth-order valence-electron chi connectivity index (χ4n) is 0.621. The normalized spacial score (nSPS) is 8.50. The Hall–Kier alpha value is -1.09. The maximum atomic E-state index is 5.37. The van der Waals surface area contributed by atoms with Crippen LogP contribution in [-0.4, -0.2) is 4.98 Å². The van der Waals surface area contributed by atoms with Gasteiger partial charge in [0.15, 0.2) is 0 Å². The lowest BCUT2D eigenvalue weighted by Gasteiger charge is -1.94. The van der Waals surface area contributed by atoms with Crippen molar-refractivity contribution < 1.29 is 0 Å². The van der Waals surface area contributed by atoms with Gasteiger partial charge in [-0.1, -0.05) is 7.43 Å². The maximum absolute atomic E-state index is 5.37. The van der Waals surface area contributed by atoms with Crippen molar-refractivity contribution in [3.8, 4) is 0 Å². The van der Waals surface area contributed by atoms with Crippen LogP contribution < -0.4 is 11.5 Å². The summed E-state index contributed by atoms with van der Waals surface area (Å²) < 4.78 is 0. The number of pyridine rings is 1. The van der Waals surface area contributed by atoms with Crippen LogP contribution in [0.4, 0.5) is 5.82 Å². The Labute approximate surface area is 61.1 Å². The Morgan fingerprint density at radius 1 is 1.50 bits per heavy atom. The lowest BCUT2D eigenvalue weighted by atomic mass is 10.3. The fraction of sp³-hybridized carbons (Fsp3) is 0.286. The number of anilines is 1. The molecule has 0 aliphatic carbocycles. The van der Waals surface area contributed by atoms with Crippen LogP contribution in [0.15, 0.2) is 18.3 Å². The number of hydrogen-bond acceptors (Lipinski definition) is 3. The van der Waals surface area contributed by atoms with Crippen molar-refractivity contribution in [3.05, 3.63) is 23.9 Å². The molecule has 1 aromatic rings. The van der Waals surface area contributed by atoms with E-state index >= 15 is 0 Å². The molecule has 1 rings (SSSR count). The summed E-state index contributed by atoms with van der Waals surface area (Å²) in [6.07, 6.45) is 1.65. The van der Waals surface area contributed by atoms with Crippen LogP contribution >= 0.6 is 0 Å². The Morgan fingerprint density at radius 3 is 2.60 bits per heavy atom. The summed E-state index contributed by atoms with van der Waals surface area (Å²) >= 11 is 0. The van der Waals surface area contributed by atoms with Crippen LogP contribution in [0.3, 0.4) is 0 Å². The number of aromatic nitrogens is 1. The molecule has 4 N–H and O–H groups in total. The van der Waals surface area contributed by atoms with Crippen molar-refractivity contribution in [2.45, 2.75) is 14.0 Å². The summed E-state index contributed by atoms with van der Waals surface area (Å²) in [7, 11) is 0. The van der Waals surface area contributed by atoms with Crippen LogP contribution in [0, 0.1) is 0 Å². The van der Waals surface area contributed by atoms with Crippen LogP contribution in [0.1, 0.15) is 13.0 Å². The van der Waals surface area contributed by atoms with E-state index in [4.69, 9.17) is 11.5 Å². The molecule has 0 atom stereocenters. The Kier molecular flexibility index (Phi) is 3.43. The largest absolute Gasteiger partial charge is 0.384 e. The average Bonchev–Trinajstić information content (AvgIpc) is 1.88. The van der Waals surface area contributed by atoms with E-state index in [1.54, 1.807) is 12.3 Å². The molecule has 0 saturated heterocycles. The summed E-state index contributed by atoms with van der Waals surface area (Å²) in [5, 5.41) is 0. The molecule has 0 spiro atoms. The standard InChI is InChI=1S/C6H9N3.CH4/c7-4-5-1-2-9-6(8)3-5;/h1-3H,4,7H2,(H2,8,9);1H4. The fourth-order valence-corrected chi connectivity index (χ4v) is 0.621. The predicted octanol–water partition coefficient (Wildman–Crippen LogP) is 0.759. The third kappa shape index (κ3) is 2.03. The molecular formula is C7H13N3. The topological polar surface area (TPSA) is 64.9 Å². The smallest absolute Gasteiger partial charge is 0.123 e. The Balaban J connectivity index is 0.000000810. The maximum Gasteiger partial charge on any atom is 0.123 e. The van der Waals surface area contributed by atoms with Gasteiger partial charge in [0.05, 0.1) is 0 Å². The zero-order valence-electron chi connectivity index (χ0n) is 5.04. The van der Waals surface area contributed by atoms with Crippen molar-refractivity contribution >= 4 is 5.82 Å². The van der Waals surface area contributed by atoms with Crippen molar-refractivity contribution in [2.75, 3.05) is 5.73 Å². The lowest BCUT2D eigenvalue weighted by Crippen LogP contribution is -1.98. The second kappa shape index (κ2) is 3.85. The van der Waals surface area contributed by atoms with Gasteiger partial charge in [-0.05, 0) is 17.7 Å². The molecule has 3 nitrogen and oxygen atoms in total. The van der Waals surface area contributed by atoms with Gasteiger partial charge in [-0.15, -0.1) is 0 Å². The second-order valence-corrected chi connectivity index (χ2v) is 1.79. The third-order valence-corrected chi connectivity index (χ3v) is 1.08. The highest BCUT2D eigenvalue weighted by Crippen LogP contribution is 2.00. The van der Waals surface area contributed by atoms with E-state index < -0.39 is 0 Å². The van der Waals surface area contributed by atoms with Crippen LogP contribution in [0.25, 0.3) is 0 Å². The number of rotatable bonds is 1. The highest BCUT2D eigenvalue weighted by atomic mass is 14.8. The molecule has 1 heterocycles. The van der Waals surface area contributed by atoms with Crippen molar-refractivity contribution in [2.24, 2.45) is 5.73 Å². The Morgan fingerprint density at radius 2 is 2.20 bits per heavy atom. The van der Waals surface area contributed by atoms with E-state index in [0.29, 0.717) is 12.4 Å². The molecule has 0 aliphatic heterocycles. The molecule has 0 saturated carbocycles. The first-order valence-electron chi connectivity index (χ1n) is 2.73. The molecule has 0 aliphatic rings. The molecule has 0 unspecified atom stereocenters. The number of hydrogen-bond donors (Lipinski definition) is 2. The van der Waals surface area contributed by atoms with Crippen LogP contribution in [-0.2, 0) is 6.54 Å². The highest BCUT2D eigenvalue weighted by molar-refractivity contribution is 5.31. The highest BCUT2D eigenvalue weighted by Gasteiger charge is 1.87. The molecule has 56 valence electrons. The first-order chi connectivity index (χ1) is 4.33. The van der Waals surface area contributed by atoms with Gasteiger partial charge < -0.3 is 11.5 Å². The van der Waals surface area contributed by atoms with Gasteiger partial charge in [-0.25, -0.2) is 4.98 Å². The molecule has 1 aromatic heterocycles. The van der Waals surface area contributed by atoms with Crippen molar-refractivity contribution in [1.29, 1.82) is 0 Å². The van der Waals surface area contributed by atoms with Gasteiger partial charge in [0.2, 0.25) is 0 Å². The van der Waals surface area contributed by atoms with Crippen molar-refractivity contribution in [3.63, 3.8) is 0 Å². The quantitative estimate of drug-likeness (QED) is 0.603. The minimum absolute atomic E-state index is 0. The first kappa shape index (κ1) is 8.91. The van der Waals surface area contributed by atoms with Gasteiger partial charge in [0.25, 0.3) is 0 Å². The molecule has 0 aromatic carbocycles. The van der Waals surface area contributed by atoms with E-state index in [-0.39, 0.29) is 7.43 Å². The number of nitrogens with two attached hydrogens (primary N) is 2. The average molecular weight is 139 g/mol. The van der Waals surface area contributed by atoms with Crippen molar-refractivity contribution in [1.82, 2.24) is 4.98 Å². The molecular weight excluding hydrogens is 126 g/mol. The van der Waals surface area contributed by atoms with Gasteiger partial charge in [-0.3, -0.25) is 0 Å². The molecule has 0 bridgehead atoms. The van der Waals surface area contributed by atoms with Crippen LogP contribution in [0.5, 0.6) is 0 Å². The van der Waals surface area contributed by atoms with Crippen LogP contribution in [0.2, 0.25) is 0 Å². The van der Waals surface area contributed by atoms with E-state index in [1.807, 2.05) is 6.07 Å². The van der Waals surface area contributed by atoms with Gasteiger partial charge >= 0.3 is 0 Å². The summed E-state index contributed by atoms with van der Waals surface area (Å²) in [6, 6.07) is 3.61. The monoisotopic (exact) mass is 139 g/mol. The predicted molar refractivity (Wildman–Crippen MR) is 43.3 cm³/mol. The molecule has 0 fully saturated rings. The summed E-state index contributed by atoms with van der Waals surface area (Å²) in [5.41, 5.74) is 11.7. The number of nitrogen functional groups attached to an aromatic ring is 1. The summed E-state index contributed by atoms with van der Waals surface area (Å²) in [6.45, 7) is 0.521. The summed E-state index contributed by atoms with van der Waals surface area (Å²) in [4.78, 5) is 3.81.